The third kappa shape index (κ3) is 7.10. The summed E-state index contributed by atoms with van der Waals surface area (Å²) < 4.78 is 10.4. The molecule has 0 spiro atoms. The number of aromatic nitrogens is 1. The smallest absolute Gasteiger partial charge is 0.231 e. The Balaban J connectivity index is 2.86. The molecule has 0 aromatic carbocycles. The van der Waals surface area contributed by atoms with E-state index in [4.69, 9.17) is 9.47 Å². The van der Waals surface area contributed by atoms with Crippen LogP contribution in [0.3, 0.4) is 0 Å². The van der Waals surface area contributed by atoms with Crippen LogP contribution in [0.4, 0.5) is 5.82 Å². The minimum absolute atomic E-state index is 0.00655. The molecule has 6 nitrogen and oxygen atoms in total. The van der Waals surface area contributed by atoms with E-state index in [-0.39, 0.29) is 5.91 Å². The molecule has 1 aromatic rings. The van der Waals surface area contributed by atoms with E-state index in [9.17, 15) is 4.79 Å². The number of carbonyl (C=O) groups is 1. The second-order valence-electron chi connectivity index (χ2n) is 6.95. The molecule has 25 heavy (non-hydrogen) atoms. The molecule has 1 amide bonds. The summed E-state index contributed by atoms with van der Waals surface area (Å²) in [4.78, 5) is 19.0. The Morgan fingerprint density at radius 3 is 2.36 bits per heavy atom. The van der Waals surface area contributed by atoms with E-state index in [0.29, 0.717) is 19.0 Å². The van der Waals surface area contributed by atoms with Crippen LogP contribution in [0.2, 0.25) is 0 Å². The number of amides is 1. The van der Waals surface area contributed by atoms with Gasteiger partial charge in [0.05, 0.1) is 13.2 Å². The number of hydrogen-bond donors (Lipinski definition) is 1. The maximum Gasteiger partial charge on any atom is 0.231 e. The summed E-state index contributed by atoms with van der Waals surface area (Å²) in [5.41, 5.74) is 1.84. The van der Waals surface area contributed by atoms with E-state index in [2.05, 4.69) is 15.2 Å². The summed E-state index contributed by atoms with van der Waals surface area (Å²) >= 11 is 0. The predicted molar refractivity (Wildman–Crippen MR) is 101 cm³/mol. The number of ether oxygens (including phenoxy) is 2. The number of anilines is 1. The summed E-state index contributed by atoms with van der Waals surface area (Å²) in [5.74, 6) is 0.596. The van der Waals surface area contributed by atoms with E-state index in [0.717, 1.165) is 37.2 Å². The first-order chi connectivity index (χ1) is 11.8. The van der Waals surface area contributed by atoms with E-state index in [1.807, 2.05) is 40.0 Å². The van der Waals surface area contributed by atoms with Crippen LogP contribution in [-0.4, -0.2) is 56.3 Å². The second kappa shape index (κ2) is 10.5. The number of pyridine rings is 1. The average molecular weight is 351 g/mol. The number of methoxy groups -OCH3 is 2. The van der Waals surface area contributed by atoms with Crippen LogP contribution in [0.5, 0.6) is 0 Å². The lowest BCUT2D eigenvalue weighted by molar-refractivity contribution is -0.124. The molecule has 0 unspecified atom stereocenters. The van der Waals surface area contributed by atoms with Gasteiger partial charge in [-0.2, -0.15) is 0 Å². The van der Waals surface area contributed by atoms with E-state index >= 15 is 0 Å². The highest BCUT2D eigenvalue weighted by Crippen LogP contribution is 2.22. The molecule has 1 heterocycles. The number of nitrogens with zero attached hydrogens (tertiary/aromatic N) is 2. The summed E-state index contributed by atoms with van der Waals surface area (Å²) in [6.07, 6.45) is 2.59. The van der Waals surface area contributed by atoms with Crippen molar-refractivity contribution in [1.29, 1.82) is 0 Å². The van der Waals surface area contributed by atoms with Gasteiger partial charge in [-0.1, -0.05) is 20.8 Å². The summed E-state index contributed by atoms with van der Waals surface area (Å²) in [5, 5.41) is 2.94. The van der Waals surface area contributed by atoms with Gasteiger partial charge in [0.2, 0.25) is 5.91 Å². The number of rotatable bonds is 11. The predicted octanol–water partition coefficient (Wildman–Crippen LogP) is 2.86. The molecule has 0 saturated carbocycles. The monoisotopic (exact) mass is 351 g/mol. The third-order valence-electron chi connectivity index (χ3n) is 4.57. The summed E-state index contributed by atoms with van der Waals surface area (Å²) in [6.45, 7) is 11.7. The number of hydrogen-bond acceptors (Lipinski definition) is 5. The van der Waals surface area contributed by atoms with E-state index in [1.165, 1.54) is 0 Å². The first-order valence-corrected chi connectivity index (χ1v) is 8.81. The zero-order valence-electron chi connectivity index (χ0n) is 16.5. The zero-order chi connectivity index (χ0) is 18.9. The third-order valence-corrected chi connectivity index (χ3v) is 4.57. The quantitative estimate of drug-likeness (QED) is 0.664. The lowest BCUT2D eigenvalue weighted by atomic mass is 9.89. The molecule has 142 valence electrons. The minimum Gasteiger partial charge on any atom is -0.383 e. The fourth-order valence-electron chi connectivity index (χ4n) is 2.20. The van der Waals surface area contributed by atoms with Gasteiger partial charge in [-0.3, -0.25) is 9.69 Å². The van der Waals surface area contributed by atoms with Crippen molar-refractivity contribution in [3.8, 4) is 0 Å². The highest BCUT2D eigenvalue weighted by Gasteiger charge is 2.25. The maximum atomic E-state index is 12.4. The second-order valence-corrected chi connectivity index (χ2v) is 6.95. The summed E-state index contributed by atoms with van der Waals surface area (Å²) in [7, 11) is 3.41. The van der Waals surface area contributed by atoms with Gasteiger partial charge in [-0.15, -0.1) is 0 Å². The van der Waals surface area contributed by atoms with Crippen LogP contribution < -0.4 is 5.32 Å². The molecule has 0 aliphatic heterocycles. The van der Waals surface area contributed by atoms with Crippen molar-refractivity contribution in [3.05, 3.63) is 23.4 Å². The normalized spacial score (nSPS) is 11.8. The van der Waals surface area contributed by atoms with Crippen molar-refractivity contribution in [2.24, 2.45) is 5.41 Å². The Labute approximate surface area is 151 Å². The number of carbonyl (C=O) groups excluding carboxylic acids is 1. The largest absolute Gasteiger partial charge is 0.383 e. The Hall–Kier alpha value is -1.50. The lowest BCUT2D eigenvalue weighted by Gasteiger charge is -2.24. The fraction of sp³-hybridized carbons (Fsp3) is 0.684. The first kappa shape index (κ1) is 21.5. The summed E-state index contributed by atoms with van der Waals surface area (Å²) in [6, 6.07) is 1.96. The van der Waals surface area contributed by atoms with Crippen LogP contribution in [0.1, 0.15) is 38.3 Å². The Morgan fingerprint density at radius 1 is 1.24 bits per heavy atom. The van der Waals surface area contributed by atoms with Crippen molar-refractivity contribution in [2.45, 2.75) is 40.7 Å². The molecule has 0 aliphatic rings. The van der Waals surface area contributed by atoms with Crippen molar-refractivity contribution >= 4 is 11.7 Å². The van der Waals surface area contributed by atoms with Crippen LogP contribution in [-0.2, 0) is 20.8 Å². The fourth-order valence-corrected chi connectivity index (χ4v) is 2.20. The van der Waals surface area contributed by atoms with Crippen LogP contribution in [0, 0.1) is 12.3 Å². The SMILES string of the molecule is CCC(C)(C)C(=O)Nc1cc(CN(CCOC)CCOC)c(C)cn1. The molecular formula is C19H33N3O3. The molecule has 0 atom stereocenters. The highest BCUT2D eigenvalue weighted by molar-refractivity contribution is 5.94. The molecule has 0 aliphatic carbocycles. The molecule has 0 bridgehead atoms. The van der Waals surface area contributed by atoms with Crippen LogP contribution in [0.15, 0.2) is 12.3 Å². The molecule has 1 rings (SSSR count). The molecule has 0 saturated heterocycles. The van der Waals surface area contributed by atoms with Crippen molar-refractivity contribution in [2.75, 3.05) is 45.8 Å². The Morgan fingerprint density at radius 2 is 1.84 bits per heavy atom. The molecular weight excluding hydrogens is 318 g/mol. The Bertz CT molecular complexity index is 539. The topological polar surface area (TPSA) is 63.7 Å². The molecule has 1 aromatic heterocycles. The van der Waals surface area contributed by atoms with Gasteiger partial charge in [0.1, 0.15) is 5.82 Å². The van der Waals surface area contributed by atoms with Gasteiger partial charge in [0.25, 0.3) is 0 Å². The van der Waals surface area contributed by atoms with Gasteiger partial charge >= 0.3 is 0 Å². The standard InChI is InChI=1S/C19H33N3O3/c1-7-19(3,4)18(23)21-17-12-16(15(2)13-20-17)14-22(8-10-24-5)9-11-25-6/h12-13H,7-11,14H2,1-6H3,(H,20,21,23). The first-order valence-electron chi connectivity index (χ1n) is 8.81. The van der Waals surface area contributed by atoms with Gasteiger partial charge in [-0.05, 0) is 30.5 Å². The lowest BCUT2D eigenvalue weighted by Crippen LogP contribution is -2.31. The van der Waals surface area contributed by atoms with Gasteiger partial charge < -0.3 is 14.8 Å². The maximum absolute atomic E-state index is 12.4. The van der Waals surface area contributed by atoms with Gasteiger partial charge in [0.15, 0.2) is 0 Å². The minimum atomic E-state index is -0.407. The van der Waals surface area contributed by atoms with Gasteiger partial charge in [-0.25, -0.2) is 4.98 Å². The van der Waals surface area contributed by atoms with E-state index in [1.54, 1.807) is 14.2 Å². The molecule has 0 radical (unpaired) electrons. The molecule has 0 fully saturated rings. The molecule has 6 heteroatoms. The number of aryl methyl sites for hydroxylation is 1. The van der Waals surface area contributed by atoms with Crippen molar-refractivity contribution in [3.63, 3.8) is 0 Å². The van der Waals surface area contributed by atoms with Gasteiger partial charge in [0, 0.05) is 45.5 Å². The highest BCUT2D eigenvalue weighted by atomic mass is 16.5. The number of nitrogens with one attached hydrogen (secondary N) is 1. The van der Waals surface area contributed by atoms with Crippen LogP contribution in [0.25, 0.3) is 0 Å². The van der Waals surface area contributed by atoms with Crippen molar-refractivity contribution in [1.82, 2.24) is 9.88 Å². The van der Waals surface area contributed by atoms with Crippen LogP contribution >= 0.6 is 0 Å². The average Bonchev–Trinajstić information content (AvgIpc) is 2.59. The zero-order valence-corrected chi connectivity index (χ0v) is 16.5. The van der Waals surface area contributed by atoms with Crippen molar-refractivity contribution < 1.29 is 14.3 Å². The van der Waals surface area contributed by atoms with E-state index < -0.39 is 5.41 Å². The molecule has 1 N–H and O–H groups in total. The Kier molecular flexibility index (Phi) is 9.03.